The number of hydrogen-bond donors (Lipinski definition) is 4. The third kappa shape index (κ3) is 8.06. The van der Waals surface area contributed by atoms with Crippen LogP contribution in [0.2, 0.25) is 5.02 Å². The Bertz CT molecular complexity index is 1570. The minimum atomic E-state index is -1.13. The summed E-state index contributed by atoms with van der Waals surface area (Å²) in [5, 5.41) is 21.2. The van der Waals surface area contributed by atoms with Gasteiger partial charge in [0.05, 0.1) is 22.0 Å². The number of thiophene rings is 1. The van der Waals surface area contributed by atoms with E-state index in [0.29, 0.717) is 16.1 Å². The van der Waals surface area contributed by atoms with Crippen LogP contribution in [0.5, 0.6) is 0 Å². The fourth-order valence-electron chi connectivity index (χ4n) is 3.42. The highest BCUT2D eigenvalue weighted by molar-refractivity contribution is 8.00. The van der Waals surface area contributed by atoms with E-state index in [1.807, 2.05) is 16.8 Å². The lowest BCUT2D eigenvalue weighted by atomic mass is 10.2. The van der Waals surface area contributed by atoms with E-state index >= 15 is 0 Å². The molecular formula is C29H22ClN3O5S2. The summed E-state index contributed by atoms with van der Waals surface area (Å²) in [5.74, 6) is -2.42. The van der Waals surface area contributed by atoms with Crippen LogP contribution >= 0.6 is 34.7 Å². The molecule has 1 heterocycles. The Morgan fingerprint density at radius 2 is 1.70 bits per heavy atom. The number of carbonyl (C=O) groups is 4. The van der Waals surface area contributed by atoms with Crippen LogP contribution in [0.15, 0.2) is 100 Å². The predicted molar refractivity (Wildman–Crippen MR) is 159 cm³/mol. The summed E-state index contributed by atoms with van der Waals surface area (Å²) in [6.07, 6.45) is 1.60. The van der Waals surface area contributed by atoms with E-state index in [1.54, 1.807) is 60.7 Å². The molecule has 3 amide bonds. The molecule has 0 aliphatic rings. The molecule has 8 nitrogen and oxygen atoms in total. The van der Waals surface area contributed by atoms with Crippen LogP contribution in [-0.4, -0.2) is 34.6 Å². The summed E-state index contributed by atoms with van der Waals surface area (Å²) in [6, 6.07) is 21.4. The molecule has 0 radical (unpaired) electrons. The van der Waals surface area contributed by atoms with Gasteiger partial charge in [-0.3, -0.25) is 14.4 Å². The van der Waals surface area contributed by atoms with E-state index in [0.717, 1.165) is 5.56 Å². The average molecular weight is 592 g/mol. The molecule has 0 spiro atoms. The number of nitrogens with one attached hydrogen (secondary N) is 3. The van der Waals surface area contributed by atoms with E-state index in [1.165, 1.54) is 41.3 Å². The number of hydrogen-bond acceptors (Lipinski definition) is 6. The lowest BCUT2D eigenvalue weighted by Crippen LogP contribution is -2.30. The van der Waals surface area contributed by atoms with Crippen molar-refractivity contribution in [3.05, 3.63) is 117 Å². The molecule has 4 aromatic rings. The number of carbonyl (C=O) groups excluding carboxylic acids is 3. The van der Waals surface area contributed by atoms with Crippen LogP contribution in [-0.2, 0) is 9.59 Å². The first kappa shape index (κ1) is 28.6. The minimum Gasteiger partial charge on any atom is -0.478 e. The smallest absolute Gasteiger partial charge is 0.335 e. The highest BCUT2D eigenvalue weighted by Gasteiger charge is 2.16. The van der Waals surface area contributed by atoms with Crippen molar-refractivity contribution in [2.24, 2.45) is 0 Å². The molecule has 1 aromatic heterocycles. The molecule has 40 heavy (non-hydrogen) atoms. The van der Waals surface area contributed by atoms with Crippen molar-refractivity contribution in [1.29, 1.82) is 0 Å². The van der Waals surface area contributed by atoms with E-state index in [9.17, 15) is 19.2 Å². The molecule has 0 unspecified atom stereocenters. The molecule has 3 aromatic carbocycles. The Balaban J connectivity index is 1.41. The molecule has 4 N–H and O–H groups in total. The van der Waals surface area contributed by atoms with Gasteiger partial charge in [0.25, 0.3) is 11.8 Å². The minimum absolute atomic E-state index is 0.00294. The van der Waals surface area contributed by atoms with Crippen molar-refractivity contribution in [1.82, 2.24) is 5.32 Å². The Morgan fingerprint density at radius 1 is 0.900 bits per heavy atom. The average Bonchev–Trinajstić information content (AvgIpc) is 3.46. The van der Waals surface area contributed by atoms with Gasteiger partial charge in [-0.25, -0.2) is 4.79 Å². The van der Waals surface area contributed by atoms with E-state index < -0.39 is 17.8 Å². The van der Waals surface area contributed by atoms with E-state index in [-0.39, 0.29) is 33.6 Å². The number of amides is 3. The van der Waals surface area contributed by atoms with Gasteiger partial charge < -0.3 is 21.1 Å². The van der Waals surface area contributed by atoms with Crippen molar-refractivity contribution >= 4 is 75.8 Å². The van der Waals surface area contributed by atoms with Crippen LogP contribution in [0, 0.1) is 0 Å². The lowest BCUT2D eigenvalue weighted by Gasteiger charge is -2.12. The number of benzene rings is 3. The van der Waals surface area contributed by atoms with Gasteiger partial charge in [0, 0.05) is 16.1 Å². The maximum atomic E-state index is 13.2. The fourth-order valence-corrected chi connectivity index (χ4v) is 4.96. The molecular weight excluding hydrogens is 570 g/mol. The first-order chi connectivity index (χ1) is 19.3. The quantitative estimate of drug-likeness (QED) is 0.128. The summed E-state index contributed by atoms with van der Waals surface area (Å²) in [5.41, 5.74) is 1.94. The van der Waals surface area contributed by atoms with Crippen molar-refractivity contribution < 1.29 is 24.3 Å². The van der Waals surface area contributed by atoms with Gasteiger partial charge in [-0.15, -0.1) is 11.8 Å². The van der Waals surface area contributed by atoms with Gasteiger partial charge in [-0.2, -0.15) is 11.3 Å². The maximum Gasteiger partial charge on any atom is 0.335 e. The zero-order valence-electron chi connectivity index (χ0n) is 20.7. The van der Waals surface area contributed by atoms with Gasteiger partial charge in [-0.05, 0) is 77.0 Å². The number of rotatable bonds is 10. The molecule has 0 saturated heterocycles. The van der Waals surface area contributed by atoms with Gasteiger partial charge >= 0.3 is 5.97 Å². The summed E-state index contributed by atoms with van der Waals surface area (Å²) < 4.78 is 0. The second-order valence-electron chi connectivity index (χ2n) is 8.25. The molecule has 0 bridgehead atoms. The normalized spacial score (nSPS) is 11.0. The van der Waals surface area contributed by atoms with Crippen LogP contribution in [0.4, 0.5) is 11.4 Å². The monoisotopic (exact) mass is 591 g/mol. The number of halogens is 1. The molecule has 0 saturated carbocycles. The molecule has 4 rings (SSSR count). The Morgan fingerprint density at radius 3 is 2.42 bits per heavy atom. The van der Waals surface area contributed by atoms with Crippen LogP contribution < -0.4 is 16.0 Å². The first-order valence-electron chi connectivity index (χ1n) is 11.8. The van der Waals surface area contributed by atoms with E-state index in [2.05, 4.69) is 16.0 Å². The summed E-state index contributed by atoms with van der Waals surface area (Å²) in [7, 11) is 0. The Hall–Kier alpha value is -4.38. The number of aromatic carboxylic acids is 1. The van der Waals surface area contributed by atoms with Crippen molar-refractivity contribution in [3.63, 3.8) is 0 Å². The zero-order chi connectivity index (χ0) is 28.5. The van der Waals surface area contributed by atoms with Gasteiger partial charge in [0.1, 0.15) is 5.70 Å². The summed E-state index contributed by atoms with van der Waals surface area (Å²) in [6.45, 7) is 0. The topological polar surface area (TPSA) is 125 Å². The second-order valence-corrected chi connectivity index (χ2v) is 10.5. The molecule has 0 atom stereocenters. The molecule has 0 fully saturated rings. The van der Waals surface area contributed by atoms with Gasteiger partial charge in [0.15, 0.2) is 0 Å². The highest BCUT2D eigenvalue weighted by atomic mass is 35.5. The van der Waals surface area contributed by atoms with Crippen LogP contribution in [0.1, 0.15) is 26.3 Å². The number of anilines is 2. The van der Waals surface area contributed by atoms with Crippen LogP contribution in [0.3, 0.4) is 0 Å². The molecule has 0 aliphatic carbocycles. The second kappa shape index (κ2) is 13.6. The van der Waals surface area contributed by atoms with Crippen molar-refractivity contribution in [3.8, 4) is 0 Å². The number of carboxylic acids is 1. The maximum absolute atomic E-state index is 13.2. The SMILES string of the molecule is O=C(CSc1cccc(NC(=O)/C(=C/c2ccsc2)NC(=O)c2ccccc2)c1)Nc1cc(C(=O)O)ccc1Cl. The van der Waals surface area contributed by atoms with E-state index in [4.69, 9.17) is 16.7 Å². The standard InChI is InChI=1S/C29H22ClN3O5S2/c30-23-10-9-20(29(37)38)14-24(23)32-26(34)17-40-22-8-4-7-21(15-22)31-28(36)25(13-18-11-12-39-16-18)33-27(35)19-5-2-1-3-6-19/h1-16H,17H2,(H,31,36)(H,32,34)(H,33,35)(H,37,38)/b25-13-. The fraction of sp³-hybridized carbons (Fsp3) is 0.0345. The first-order valence-corrected chi connectivity index (χ1v) is 14.1. The predicted octanol–water partition coefficient (Wildman–Crippen LogP) is 6.24. The Kier molecular flexibility index (Phi) is 9.74. The number of thioether (sulfide) groups is 1. The molecule has 11 heteroatoms. The Labute approximate surface area is 243 Å². The largest absolute Gasteiger partial charge is 0.478 e. The molecule has 202 valence electrons. The van der Waals surface area contributed by atoms with Crippen molar-refractivity contribution in [2.45, 2.75) is 4.90 Å². The van der Waals surface area contributed by atoms with Crippen LogP contribution in [0.25, 0.3) is 6.08 Å². The zero-order valence-corrected chi connectivity index (χ0v) is 23.1. The van der Waals surface area contributed by atoms with Gasteiger partial charge in [-0.1, -0.05) is 35.9 Å². The van der Waals surface area contributed by atoms with Crippen molar-refractivity contribution in [2.75, 3.05) is 16.4 Å². The third-order valence-electron chi connectivity index (χ3n) is 5.33. The summed E-state index contributed by atoms with van der Waals surface area (Å²) in [4.78, 5) is 50.3. The number of carboxylic acid groups (broad SMARTS) is 1. The van der Waals surface area contributed by atoms with Gasteiger partial charge in [0.2, 0.25) is 5.91 Å². The summed E-state index contributed by atoms with van der Waals surface area (Å²) >= 11 is 8.77. The molecule has 0 aliphatic heterocycles. The lowest BCUT2D eigenvalue weighted by molar-refractivity contribution is -0.114. The third-order valence-corrected chi connectivity index (χ3v) is 7.36. The highest BCUT2D eigenvalue weighted by Crippen LogP contribution is 2.25.